The van der Waals surface area contributed by atoms with Gasteiger partial charge in [0.2, 0.25) is 11.8 Å². The van der Waals surface area contributed by atoms with Crippen LogP contribution in [0.15, 0.2) is 36.9 Å². The summed E-state index contributed by atoms with van der Waals surface area (Å²) in [6, 6.07) is 3.86. The van der Waals surface area contributed by atoms with E-state index >= 15 is 0 Å². The molecule has 2 amide bonds. The highest BCUT2D eigenvalue weighted by atomic mass is 19.4. The largest absolute Gasteiger partial charge is 0.415 e. The van der Waals surface area contributed by atoms with E-state index in [1.54, 1.807) is 0 Å². The van der Waals surface area contributed by atoms with Gasteiger partial charge in [0, 0.05) is 19.0 Å². The van der Waals surface area contributed by atoms with Crippen molar-refractivity contribution in [1.29, 1.82) is 0 Å². The van der Waals surface area contributed by atoms with Gasteiger partial charge < -0.3 is 10.2 Å². The van der Waals surface area contributed by atoms with Gasteiger partial charge in [-0.05, 0) is 43.5 Å². The fourth-order valence-electron chi connectivity index (χ4n) is 2.93. The second kappa shape index (κ2) is 7.47. The quantitative estimate of drug-likeness (QED) is 0.652. The van der Waals surface area contributed by atoms with Gasteiger partial charge in [0.25, 0.3) is 0 Å². The summed E-state index contributed by atoms with van der Waals surface area (Å²) in [5.74, 6) is -2.30. The van der Waals surface area contributed by atoms with Gasteiger partial charge in [-0.2, -0.15) is 13.2 Å². The van der Waals surface area contributed by atoms with Gasteiger partial charge in [-0.15, -0.1) is 0 Å². The first-order valence-corrected chi connectivity index (χ1v) is 8.14. The number of likely N-dealkylation sites (tertiary alicyclic amines) is 1. The molecule has 1 fully saturated rings. The van der Waals surface area contributed by atoms with Gasteiger partial charge in [0.05, 0.1) is 0 Å². The van der Waals surface area contributed by atoms with E-state index in [4.69, 9.17) is 0 Å². The maximum Gasteiger partial charge on any atom is 0.415 e. The van der Waals surface area contributed by atoms with Gasteiger partial charge in [-0.3, -0.25) is 9.59 Å². The zero-order valence-electron chi connectivity index (χ0n) is 14.3. The number of carbonyl (C=O) groups is 2. The van der Waals surface area contributed by atoms with Crippen LogP contribution in [0.4, 0.5) is 17.6 Å². The average Bonchev–Trinajstić information content (AvgIpc) is 2.60. The molecule has 0 bridgehead atoms. The van der Waals surface area contributed by atoms with Crippen molar-refractivity contribution >= 4 is 11.8 Å². The number of halogens is 4. The Balaban J connectivity index is 2.14. The molecule has 1 aromatic carbocycles. The highest BCUT2D eigenvalue weighted by molar-refractivity contribution is 5.87. The van der Waals surface area contributed by atoms with Crippen molar-refractivity contribution in [1.82, 2.24) is 10.2 Å². The normalized spacial score (nSPS) is 18.1. The predicted molar refractivity (Wildman–Crippen MR) is 87.5 cm³/mol. The van der Waals surface area contributed by atoms with Crippen LogP contribution in [0.1, 0.15) is 25.3 Å². The molecule has 1 aromatic rings. The minimum absolute atomic E-state index is 0.251. The van der Waals surface area contributed by atoms with Gasteiger partial charge in [0.1, 0.15) is 5.82 Å². The number of nitrogens with one attached hydrogen (secondary N) is 1. The standard InChI is InChI=1S/C18H20F4N2O2/c1-3-15(25)24-10-8-12(9-11-24)16(26)23-17(2,18(20,21)22)13-4-6-14(19)7-5-13/h3-7,12H,1,8-11H2,2H3,(H,23,26). The lowest BCUT2D eigenvalue weighted by atomic mass is 9.88. The third-order valence-electron chi connectivity index (χ3n) is 4.71. The molecular formula is C18H20F4N2O2. The summed E-state index contributed by atoms with van der Waals surface area (Å²) in [5.41, 5.74) is -2.88. The lowest BCUT2D eigenvalue weighted by Crippen LogP contribution is -2.56. The fraction of sp³-hybridized carbons (Fsp3) is 0.444. The van der Waals surface area contributed by atoms with Crippen molar-refractivity contribution in [3.8, 4) is 0 Å². The van der Waals surface area contributed by atoms with E-state index in [0.717, 1.165) is 37.3 Å². The van der Waals surface area contributed by atoms with Crippen LogP contribution in [0.25, 0.3) is 0 Å². The minimum Gasteiger partial charge on any atom is -0.339 e. The zero-order chi connectivity index (χ0) is 19.5. The van der Waals surface area contributed by atoms with Gasteiger partial charge in [-0.1, -0.05) is 18.7 Å². The molecule has 8 heteroatoms. The molecule has 4 nitrogen and oxygen atoms in total. The molecule has 1 N–H and O–H groups in total. The Labute approximate surface area is 148 Å². The van der Waals surface area contributed by atoms with Crippen molar-refractivity contribution in [3.63, 3.8) is 0 Å². The van der Waals surface area contributed by atoms with Crippen LogP contribution in [-0.2, 0) is 15.1 Å². The molecule has 1 unspecified atom stereocenters. The number of carbonyl (C=O) groups excluding carboxylic acids is 2. The van der Waals surface area contributed by atoms with E-state index < -0.39 is 29.4 Å². The fourth-order valence-corrected chi connectivity index (χ4v) is 2.93. The Hall–Kier alpha value is -2.38. The van der Waals surface area contributed by atoms with Crippen molar-refractivity contribution in [2.45, 2.75) is 31.5 Å². The topological polar surface area (TPSA) is 49.4 Å². The summed E-state index contributed by atoms with van der Waals surface area (Å²) in [6.45, 7) is 4.80. The van der Waals surface area contributed by atoms with Crippen molar-refractivity contribution in [2.24, 2.45) is 5.92 Å². The Morgan fingerprint density at radius 2 is 1.73 bits per heavy atom. The molecule has 0 saturated carbocycles. The molecule has 0 aliphatic carbocycles. The van der Waals surface area contributed by atoms with Crippen LogP contribution in [-0.4, -0.2) is 36.0 Å². The summed E-state index contributed by atoms with van der Waals surface area (Å²) < 4.78 is 54.0. The van der Waals surface area contributed by atoms with Gasteiger partial charge >= 0.3 is 6.18 Å². The Kier molecular flexibility index (Phi) is 5.73. The van der Waals surface area contributed by atoms with E-state index in [1.807, 2.05) is 0 Å². The molecule has 26 heavy (non-hydrogen) atoms. The number of piperidine rings is 1. The van der Waals surface area contributed by atoms with Crippen LogP contribution < -0.4 is 5.32 Å². The van der Waals surface area contributed by atoms with Crippen molar-refractivity contribution in [3.05, 3.63) is 48.3 Å². The molecule has 0 spiro atoms. The monoisotopic (exact) mass is 372 g/mol. The number of hydrogen-bond acceptors (Lipinski definition) is 2. The number of amides is 2. The molecule has 1 aliphatic rings. The number of hydrogen-bond donors (Lipinski definition) is 1. The van der Waals surface area contributed by atoms with Crippen LogP contribution >= 0.6 is 0 Å². The van der Waals surface area contributed by atoms with Crippen LogP contribution in [0, 0.1) is 11.7 Å². The molecule has 142 valence electrons. The van der Waals surface area contributed by atoms with E-state index in [2.05, 4.69) is 11.9 Å². The van der Waals surface area contributed by atoms with Gasteiger partial charge in [-0.25, -0.2) is 4.39 Å². The van der Waals surface area contributed by atoms with Crippen LogP contribution in [0.3, 0.4) is 0 Å². The SMILES string of the molecule is C=CC(=O)N1CCC(C(=O)NC(C)(c2ccc(F)cc2)C(F)(F)F)CC1. The molecule has 0 radical (unpaired) electrons. The summed E-state index contributed by atoms with van der Waals surface area (Å²) in [5, 5.41) is 2.09. The second-order valence-corrected chi connectivity index (χ2v) is 6.42. The number of nitrogens with zero attached hydrogens (tertiary/aromatic N) is 1. The zero-order valence-corrected chi connectivity index (χ0v) is 14.3. The maximum atomic E-state index is 13.7. The van der Waals surface area contributed by atoms with E-state index in [9.17, 15) is 27.2 Å². The lowest BCUT2D eigenvalue weighted by Gasteiger charge is -2.36. The Bertz CT molecular complexity index is 679. The molecule has 1 heterocycles. The third kappa shape index (κ3) is 4.05. The van der Waals surface area contributed by atoms with Gasteiger partial charge in [0.15, 0.2) is 5.54 Å². The van der Waals surface area contributed by atoms with E-state index in [-0.39, 0.29) is 37.4 Å². The molecule has 0 aromatic heterocycles. The number of alkyl halides is 3. The predicted octanol–water partition coefficient (Wildman–Crippen LogP) is 3.14. The minimum atomic E-state index is -4.76. The highest BCUT2D eigenvalue weighted by Gasteiger charge is 2.54. The summed E-state index contributed by atoms with van der Waals surface area (Å²) >= 11 is 0. The molecule has 1 saturated heterocycles. The smallest absolute Gasteiger partial charge is 0.339 e. The Morgan fingerprint density at radius 1 is 1.19 bits per heavy atom. The third-order valence-corrected chi connectivity index (χ3v) is 4.71. The first-order chi connectivity index (χ1) is 12.1. The summed E-state index contributed by atoms with van der Waals surface area (Å²) in [7, 11) is 0. The first kappa shape index (κ1) is 19.9. The van der Waals surface area contributed by atoms with Crippen molar-refractivity contribution < 1.29 is 27.2 Å². The number of benzene rings is 1. The van der Waals surface area contributed by atoms with E-state index in [0.29, 0.717) is 0 Å². The van der Waals surface area contributed by atoms with Crippen LogP contribution in [0.2, 0.25) is 0 Å². The summed E-state index contributed by atoms with van der Waals surface area (Å²) in [4.78, 5) is 25.5. The Morgan fingerprint density at radius 3 is 2.19 bits per heavy atom. The van der Waals surface area contributed by atoms with Crippen molar-refractivity contribution in [2.75, 3.05) is 13.1 Å². The lowest BCUT2D eigenvalue weighted by molar-refractivity contribution is -0.198. The maximum absolute atomic E-state index is 13.7. The second-order valence-electron chi connectivity index (χ2n) is 6.42. The molecule has 2 rings (SSSR count). The molecule has 1 aliphatic heterocycles. The van der Waals surface area contributed by atoms with Crippen LogP contribution in [0.5, 0.6) is 0 Å². The first-order valence-electron chi connectivity index (χ1n) is 8.14. The molecular weight excluding hydrogens is 352 g/mol. The number of rotatable bonds is 4. The molecule has 1 atom stereocenters. The highest BCUT2D eigenvalue weighted by Crippen LogP contribution is 2.39. The average molecular weight is 372 g/mol. The van der Waals surface area contributed by atoms with E-state index in [1.165, 1.54) is 4.90 Å². The summed E-state index contributed by atoms with van der Waals surface area (Å²) in [6.07, 6.45) is -3.07.